The van der Waals surface area contributed by atoms with Gasteiger partial charge in [0, 0.05) is 46.6 Å². The van der Waals surface area contributed by atoms with E-state index in [2.05, 4.69) is 91.4 Å². The van der Waals surface area contributed by atoms with E-state index in [0.717, 1.165) is 48.9 Å². The first-order valence-corrected chi connectivity index (χ1v) is 14.6. The van der Waals surface area contributed by atoms with Gasteiger partial charge >= 0.3 is 16.8 Å². The maximum Gasteiger partial charge on any atom is 2.00 e. The largest absolute Gasteiger partial charge is 2.00 e. The predicted molar refractivity (Wildman–Crippen MR) is 172 cm³/mol. The topological polar surface area (TPSA) is 145 Å². The van der Waals surface area contributed by atoms with Crippen molar-refractivity contribution < 1.29 is 46.8 Å². The van der Waals surface area contributed by atoms with Gasteiger partial charge in [0.05, 0.1) is 0 Å². The fourth-order valence-electron chi connectivity index (χ4n) is 4.28. The second kappa shape index (κ2) is 19.3. The third kappa shape index (κ3) is 17.2. The van der Waals surface area contributed by atoms with Gasteiger partial charge in [-0.25, -0.2) is 0 Å². The Bertz CT molecular complexity index is 1160. The summed E-state index contributed by atoms with van der Waals surface area (Å²) in [6.45, 7) is 23.6. The molecule has 2 N–H and O–H groups in total. The molecule has 247 valence electrons. The van der Waals surface area contributed by atoms with E-state index < -0.39 is 11.9 Å². The number of carboxylic acid groups (broad SMARTS) is 2. The molecular weight excluding hydrogens is 603 g/mol. The molecular formula is C35H52CoN2O6. The van der Waals surface area contributed by atoms with E-state index >= 15 is 0 Å². The molecule has 0 aliphatic heterocycles. The normalized spacial score (nSPS) is 11.6. The Labute approximate surface area is 275 Å². The number of carbonyl (C=O) groups excluding carboxylic acids is 2. The van der Waals surface area contributed by atoms with Crippen LogP contribution >= 0.6 is 0 Å². The maximum atomic E-state index is 10.9. The van der Waals surface area contributed by atoms with Crippen molar-refractivity contribution in [3.8, 4) is 11.5 Å². The molecule has 0 aliphatic carbocycles. The van der Waals surface area contributed by atoms with Crippen molar-refractivity contribution in [2.24, 2.45) is 21.8 Å². The number of benzene rings is 2. The first-order valence-electron chi connectivity index (χ1n) is 14.6. The molecule has 0 aromatic heterocycles. The number of carboxylic acids is 2. The van der Waals surface area contributed by atoms with Gasteiger partial charge in [-0.05, 0) is 72.6 Å². The Balaban J connectivity index is 0. The van der Waals surface area contributed by atoms with Crippen LogP contribution in [-0.4, -0.2) is 41.2 Å². The van der Waals surface area contributed by atoms with Gasteiger partial charge in [-0.2, -0.15) is 0 Å². The van der Waals surface area contributed by atoms with Crippen molar-refractivity contribution in [1.29, 1.82) is 0 Å². The van der Waals surface area contributed by atoms with Gasteiger partial charge in [0.25, 0.3) is 0 Å². The number of phenols is 2. The van der Waals surface area contributed by atoms with Crippen molar-refractivity contribution in [2.45, 2.75) is 107 Å². The number of carbonyl (C=O) groups is 2. The Morgan fingerprint density at radius 3 is 1.20 bits per heavy atom. The monoisotopic (exact) mass is 655 g/mol. The zero-order valence-electron chi connectivity index (χ0n) is 28.5. The first kappa shape index (κ1) is 43.0. The zero-order chi connectivity index (χ0) is 33.7. The van der Waals surface area contributed by atoms with Gasteiger partial charge in [-0.1, -0.05) is 81.4 Å². The molecule has 9 heteroatoms. The molecule has 8 nitrogen and oxygen atoms in total. The molecule has 2 rings (SSSR count). The average Bonchev–Trinajstić information content (AvgIpc) is 2.79. The fraction of sp³-hybridized carbons (Fsp3) is 0.543. The van der Waals surface area contributed by atoms with Crippen LogP contribution in [0.25, 0.3) is 0 Å². The minimum absolute atomic E-state index is 0. The van der Waals surface area contributed by atoms with Crippen LogP contribution in [-0.2, 0) is 50.0 Å². The molecule has 0 fully saturated rings. The molecule has 0 heterocycles. The van der Waals surface area contributed by atoms with Crippen molar-refractivity contribution in [2.75, 3.05) is 6.67 Å². The summed E-state index contributed by atoms with van der Waals surface area (Å²) in [5, 5.41) is 39.6. The van der Waals surface area contributed by atoms with Crippen LogP contribution in [0.15, 0.2) is 34.3 Å². The summed E-state index contributed by atoms with van der Waals surface area (Å²) in [6, 6.07) is 8.28. The second-order valence-electron chi connectivity index (χ2n) is 13.6. The average molecular weight is 656 g/mol. The quantitative estimate of drug-likeness (QED) is 0.379. The predicted octanol–water partition coefficient (Wildman–Crippen LogP) is 5.10. The number of nitrogens with zero attached hydrogens (tertiary/aromatic N) is 2. The van der Waals surface area contributed by atoms with Crippen molar-refractivity contribution in [3.63, 3.8) is 0 Å². The Kier molecular flexibility index (Phi) is 18.8. The number of rotatable bonds is 8. The van der Waals surface area contributed by atoms with E-state index in [9.17, 15) is 10.2 Å². The summed E-state index contributed by atoms with van der Waals surface area (Å²) in [4.78, 5) is 26.7. The van der Waals surface area contributed by atoms with Crippen LogP contribution in [0.1, 0.15) is 116 Å². The van der Waals surface area contributed by atoms with Crippen LogP contribution in [0, 0.1) is 11.8 Å². The van der Waals surface area contributed by atoms with E-state index in [0.29, 0.717) is 11.8 Å². The third-order valence-electron chi connectivity index (χ3n) is 5.93. The summed E-state index contributed by atoms with van der Waals surface area (Å²) >= 11 is 0. The van der Waals surface area contributed by atoms with Crippen LogP contribution in [0.5, 0.6) is 11.5 Å². The van der Waals surface area contributed by atoms with Gasteiger partial charge in [-0.3, -0.25) is 9.98 Å². The molecule has 44 heavy (non-hydrogen) atoms. The molecule has 0 spiro atoms. The van der Waals surface area contributed by atoms with Crippen molar-refractivity contribution >= 4 is 24.4 Å². The fourth-order valence-corrected chi connectivity index (χ4v) is 4.28. The SMILES string of the molecule is CC(=O)[O-].CC(=O)[O-].CC(C)Cc1cc(C=NCN=Cc2cc(CC(C)C)cc(C(C)(C)C)c2O)c(O)c(C(C)(C)C)c1.[Co+2]. The number of hydrogen-bond acceptors (Lipinski definition) is 8. The van der Waals surface area contributed by atoms with Gasteiger partial charge in [-0.15, -0.1) is 0 Å². The molecule has 2 aromatic rings. The molecule has 0 atom stereocenters. The summed E-state index contributed by atoms with van der Waals surface area (Å²) in [5.41, 5.74) is 5.38. The molecule has 0 aliphatic rings. The second-order valence-corrected chi connectivity index (χ2v) is 13.6. The zero-order valence-corrected chi connectivity index (χ0v) is 29.5. The van der Waals surface area contributed by atoms with E-state index in [1.165, 1.54) is 11.1 Å². The Hall–Kier alpha value is -3.17. The number of aliphatic imine (C=N–C) groups is 2. The van der Waals surface area contributed by atoms with Crippen LogP contribution in [0.2, 0.25) is 0 Å². The van der Waals surface area contributed by atoms with Crippen molar-refractivity contribution in [1.82, 2.24) is 0 Å². The summed E-state index contributed by atoms with van der Waals surface area (Å²) < 4.78 is 0. The minimum atomic E-state index is -1.08. The number of hydrogen-bond donors (Lipinski definition) is 2. The molecule has 0 saturated heterocycles. The molecule has 0 bridgehead atoms. The summed E-state index contributed by atoms with van der Waals surface area (Å²) in [7, 11) is 0. The Morgan fingerprint density at radius 2 is 0.977 bits per heavy atom. The van der Waals surface area contributed by atoms with Crippen LogP contribution in [0.3, 0.4) is 0 Å². The van der Waals surface area contributed by atoms with E-state index in [-0.39, 0.29) is 45.8 Å². The van der Waals surface area contributed by atoms with Gasteiger partial charge in [0.15, 0.2) is 0 Å². The third-order valence-corrected chi connectivity index (χ3v) is 5.93. The molecule has 0 unspecified atom stereocenters. The van der Waals surface area contributed by atoms with Gasteiger partial charge in [0.2, 0.25) is 0 Å². The summed E-state index contributed by atoms with van der Waals surface area (Å²) in [6.07, 6.45) is 5.32. The molecule has 1 radical (unpaired) electrons. The number of aromatic hydroxyl groups is 2. The van der Waals surface area contributed by atoms with E-state index in [4.69, 9.17) is 19.8 Å². The molecule has 0 amide bonds. The minimum Gasteiger partial charge on any atom is -0.550 e. The molecule has 2 aromatic carbocycles. The number of aliphatic carboxylic acids is 2. The first-order chi connectivity index (χ1) is 19.6. The van der Waals surface area contributed by atoms with Gasteiger partial charge < -0.3 is 30.0 Å². The summed E-state index contributed by atoms with van der Waals surface area (Å²) in [5.74, 6) is -0.545. The Morgan fingerprint density at radius 1 is 0.705 bits per heavy atom. The smallest absolute Gasteiger partial charge is 0.550 e. The van der Waals surface area contributed by atoms with E-state index in [1.807, 2.05) is 12.1 Å². The van der Waals surface area contributed by atoms with Gasteiger partial charge in [0.1, 0.15) is 18.2 Å². The van der Waals surface area contributed by atoms with Crippen molar-refractivity contribution in [3.05, 3.63) is 57.6 Å². The molecule has 0 saturated carbocycles. The number of phenolic OH excluding ortho intramolecular Hbond substituents is 2. The van der Waals surface area contributed by atoms with Crippen LogP contribution in [0.4, 0.5) is 0 Å². The van der Waals surface area contributed by atoms with Crippen LogP contribution < -0.4 is 10.2 Å². The van der Waals surface area contributed by atoms with E-state index in [1.54, 1.807) is 12.4 Å². The maximum absolute atomic E-state index is 10.9. The standard InChI is InChI=1S/C31H46N2O2.2C2H4O2.Co/c1-20(2)11-22-13-24(28(34)26(15-22)30(5,6)7)17-32-19-33-18-25-14-23(12-21(3)4)16-27(29(25)35)31(8,9)10;2*1-2(3)4;/h13-18,20-21,34-35H,11-12,19H2,1-10H3;2*1H3,(H,3,4);/q;;;+2/p-2.